The number of carbonyl (C=O) groups excluding carboxylic acids is 4. The minimum absolute atomic E-state index is 0.0592. The summed E-state index contributed by atoms with van der Waals surface area (Å²) in [7, 11) is 0. The summed E-state index contributed by atoms with van der Waals surface area (Å²) in [5.74, 6) is -2.15. The molecule has 1 rings (SSSR count). The largest absolute Gasteiger partial charge is 0.460 e. The van der Waals surface area contributed by atoms with Crippen LogP contribution in [-0.2, 0) is 28.8 Å². The summed E-state index contributed by atoms with van der Waals surface area (Å²) in [5.41, 5.74) is -0.564. The second-order valence-electron chi connectivity index (χ2n) is 5.49. The molecule has 7 heteroatoms. The van der Waals surface area contributed by atoms with Crippen LogP contribution in [0, 0.1) is 0 Å². The number of nitrogens with zero attached hydrogens (tertiary/aromatic N) is 1. The third-order valence-corrected chi connectivity index (χ3v) is 2.38. The summed E-state index contributed by atoms with van der Waals surface area (Å²) >= 11 is 0. The molecule has 0 N–H and O–H groups in total. The van der Waals surface area contributed by atoms with Crippen LogP contribution in [0.5, 0.6) is 0 Å². The van der Waals surface area contributed by atoms with Crippen molar-refractivity contribution >= 4 is 23.8 Å². The molecule has 0 aromatic heterocycles. The van der Waals surface area contributed by atoms with Gasteiger partial charge in [-0.1, -0.05) is 0 Å². The molecule has 0 aliphatic carbocycles. The number of hydrogen-bond donors (Lipinski definition) is 0. The molecule has 0 atom stereocenters. The summed E-state index contributed by atoms with van der Waals surface area (Å²) < 4.78 is 5.08. The van der Waals surface area contributed by atoms with E-state index in [9.17, 15) is 19.2 Å². The number of amides is 2. The minimum Gasteiger partial charge on any atom is -0.460 e. The van der Waals surface area contributed by atoms with Crippen molar-refractivity contribution in [2.75, 3.05) is 0 Å². The van der Waals surface area contributed by atoms with Crippen molar-refractivity contribution < 1.29 is 28.8 Å². The average molecular weight is 285 g/mol. The van der Waals surface area contributed by atoms with E-state index in [1.165, 1.54) is 0 Å². The highest BCUT2D eigenvalue weighted by Crippen LogP contribution is 2.14. The van der Waals surface area contributed by atoms with Gasteiger partial charge in [0.2, 0.25) is 0 Å². The van der Waals surface area contributed by atoms with Crippen molar-refractivity contribution in [3.8, 4) is 0 Å². The SMILES string of the molecule is CC(C)(C)OC(=O)CCCC(=O)ON1C(=O)CCC1=O. The molecule has 2 amide bonds. The quantitative estimate of drug-likeness (QED) is 0.555. The Kier molecular flexibility index (Phi) is 5.24. The van der Waals surface area contributed by atoms with Crippen LogP contribution in [0.1, 0.15) is 52.9 Å². The molecule has 0 aromatic rings. The number of hydroxylamine groups is 2. The predicted octanol–water partition coefficient (Wildman–Crippen LogP) is 1.11. The smallest absolute Gasteiger partial charge is 0.333 e. The van der Waals surface area contributed by atoms with Gasteiger partial charge in [-0.15, -0.1) is 5.06 Å². The van der Waals surface area contributed by atoms with Gasteiger partial charge in [0.15, 0.2) is 0 Å². The van der Waals surface area contributed by atoms with Crippen molar-refractivity contribution in [3.63, 3.8) is 0 Å². The third kappa shape index (κ3) is 5.38. The molecule has 0 saturated carbocycles. The molecule has 1 saturated heterocycles. The van der Waals surface area contributed by atoms with E-state index in [1.807, 2.05) is 0 Å². The van der Waals surface area contributed by atoms with Crippen molar-refractivity contribution in [2.45, 2.75) is 58.5 Å². The Labute approximate surface area is 117 Å². The van der Waals surface area contributed by atoms with Gasteiger partial charge in [0, 0.05) is 25.7 Å². The fourth-order valence-corrected chi connectivity index (χ4v) is 1.57. The molecule has 112 valence electrons. The van der Waals surface area contributed by atoms with Crippen molar-refractivity contribution in [1.29, 1.82) is 0 Å². The number of rotatable bonds is 5. The van der Waals surface area contributed by atoms with Gasteiger partial charge in [0.05, 0.1) is 0 Å². The molecule has 20 heavy (non-hydrogen) atoms. The first-order valence-corrected chi connectivity index (χ1v) is 6.47. The summed E-state index contributed by atoms with van der Waals surface area (Å²) in [6, 6.07) is 0. The lowest BCUT2D eigenvalue weighted by Crippen LogP contribution is -2.32. The standard InChI is InChI=1S/C13H19NO6/c1-13(2,3)19-11(17)5-4-6-12(18)20-14-9(15)7-8-10(14)16/h4-8H2,1-3H3. The van der Waals surface area contributed by atoms with E-state index in [0.29, 0.717) is 5.06 Å². The molecule has 0 unspecified atom stereocenters. The summed E-state index contributed by atoms with van der Waals surface area (Å²) in [5, 5.41) is 0.496. The molecule has 7 nitrogen and oxygen atoms in total. The Morgan fingerprint density at radius 3 is 2.05 bits per heavy atom. The number of ether oxygens (including phenoxy) is 1. The normalized spacial score (nSPS) is 15.4. The lowest BCUT2D eigenvalue weighted by atomic mass is 10.2. The summed E-state index contributed by atoms with van der Waals surface area (Å²) in [6.45, 7) is 5.26. The first kappa shape index (κ1) is 16.1. The van der Waals surface area contributed by atoms with Crippen LogP contribution in [0.15, 0.2) is 0 Å². The van der Waals surface area contributed by atoms with Gasteiger partial charge < -0.3 is 9.57 Å². The highest BCUT2D eigenvalue weighted by molar-refractivity contribution is 6.01. The Morgan fingerprint density at radius 2 is 1.55 bits per heavy atom. The maximum Gasteiger partial charge on any atom is 0.333 e. The fourth-order valence-electron chi connectivity index (χ4n) is 1.57. The lowest BCUT2D eigenvalue weighted by Gasteiger charge is -2.19. The molecule has 1 heterocycles. The Balaban J connectivity index is 2.25. The summed E-state index contributed by atoms with van der Waals surface area (Å²) in [6.07, 6.45) is 0.378. The second-order valence-corrected chi connectivity index (χ2v) is 5.49. The van der Waals surface area contributed by atoms with Crippen LogP contribution in [0.3, 0.4) is 0 Å². The van der Waals surface area contributed by atoms with E-state index >= 15 is 0 Å². The number of esters is 1. The molecular weight excluding hydrogens is 266 g/mol. The van der Waals surface area contributed by atoms with Crippen LogP contribution in [0.25, 0.3) is 0 Å². The van der Waals surface area contributed by atoms with Gasteiger partial charge in [-0.2, -0.15) is 0 Å². The second kappa shape index (κ2) is 6.49. The molecule has 0 radical (unpaired) electrons. The van der Waals surface area contributed by atoms with Crippen molar-refractivity contribution in [1.82, 2.24) is 5.06 Å². The van der Waals surface area contributed by atoms with E-state index in [-0.39, 0.29) is 32.1 Å². The van der Waals surface area contributed by atoms with Gasteiger partial charge in [-0.3, -0.25) is 14.4 Å². The van der Waals surface area contributed by atoms with Crippen LogP contribution < -0.4 is 0 Å². The van der Waals surface area contributed by atoms with Gasteiger partial charge >= 0.3 is 11.9 Å². The third-order valence-electron chi connectivity index (χ3n) is 2.38. The van der Waals surface area contributed by atoms with Crippen LogP contribution in [0.4, 0.5) is 0 Å². The number of hydrogen-bond acceptors (Lipinski definition) is 6. The lowest BCUT2D eigenvalue weighted by molar-refractivity contribution is -0.197. The van der Waals surface area contributed by atoms with Gasteiger partial charge in [-0.05, 0) is 27.2 Å². The zero-order chi connectivity index (χ0) is 15.3. The number of imide groups is 1. The van der Waals surface area contributed by atoms with Crippen molar-refractivity contribution in [2.24, 2.45) is 0 Å². The molecule has 1 aliphatic heterocycles. The van der Waals surface area contributed by atoms with Gasteiger partial charge in [0.1, 0.15) is 5.60 Å². The predicted molar refractivity (Wildman–Crippen MR) is 66.9 cm³/mol. The highest BCUT2D eigenvalue weighted by atomic mass is 16.7. The van der Waals surface area contributed by atoms with Crippen LogP contribution in [0.2, 0.25) is 0 Å². The average Bonchev–Trinajstić information content (AvgIpc) is 2.58. The van der Waals surface area contributed by atoms with E-state index in [2.05, 4.69) is 4.84 Å². The Morgan fingerprint density at radius 1 is 1.05 bits per heavy atom. The first-order valence-electron chi connectivity index (χ1n) is 6.47. The molecule has 0 bridgehead atoms. The molecule has 0 aromatic carbocycles. The summed E-state index contributed by atoms with van der Waals surface area (Å²) in [4.78, 5) is 49.9. The Hall–Kier alpha value is -1.92. The van der Waals surface area contributed by atoms with Crippen molar-refractivity contribution in [3.05, 3.63) is 0 Å². The zero-order valence-corrected chi connectivity index (χ0v) is 11.9. The maximum absolute atomic E-state index is 11.4. The van der Waals surface area contributed by atoms with E-state index < -0.39 is 29.4 Å². The molecule has 1 aliphatic rings. The molecule has 1 fully saturated rings. The van der Waals surface area contributed by atoms with E-state index in [0.717, 1.165) is 0 Å². The highest BCUT2D eigenvalue weighted by Gasteiger charge is 2.32. The molecular formula is C13H19NO6. The van der Waals surface area contributed by atoms with E-state index in [4.69, 9.17) is 4.74 Å². The fraction of sp³-hybridized carbons (Fsp3) is 0.692. The van der Waals surface area contributed by atoms with E-state index in [1.54, 1.807) is 20.8 Å². The first-order chi connectivity index (χ1) is 9.19. The molecule has 0 spiro atoms. The topological polar surface area (TPSA) is 90.0 Å². The van der Waals surface area contributed by atoms with Gasteiger partial charge in [0.25, 0.3) is 11.8 Å². The maximum atomic E-state index is 11.4. The zero-order valence-electron chi connectivity index (χ0n) is 11.9. The van der Waals surface area contributed by atoms with Gasteiger partial charge in [-0.25, -0.2) is 4.79 Å². The van der Waals surface area contributed by atoms with Crippen LogP contribution >= 0.6 is 0 Å². The Bertz CT molecular complexity index is 407. The number of carbonyl (C=O) groups is 4. The minimum atomic E-state index is -0.711. The van der Waals surface area contributed by atoms with Crippen LogP contribution in [-0.4, -0.2) is 34.4 Å². The monoisotopic (exact) mass is 285 g/mol.